The fraction of sp³-hybridized carbons (Fsp3) is 0.500. The largest absolute Gasteiger partial charge is 0.492 e. The first-order chi connectivity index (χ1) is 9.24. The summed E-state index contributed by atoms with van der Waals surface area (Å²) in [5.74, 6) is 0.392. The van der Waals surface area contributed by atoms with E-state index in [0.717, 1.165) is 0 Å². The predicted molar refractivity (Wildman–Crippen MR) is 73.1 cm³/mol. The predicted octanol–water partition coefficient (Wildman–Crippen LogP) is 5.25. The number of ether oxygens (including phenoxy) is 2. The molecule has 20 heavy (non-hydrogen) atoms. The molecule has 1 aromatic carbocycles. The third-order valence-electron chi connectivity index (χ3n) is 2.22. The van der Waals surface area contributed by atoms with E-state index in [1.807, 2.05) is 0 Å². The van der Waals surface area contributed by atoms with Gasteiger partial charge in [0, 0.05) is 11.1 Å². The monoisotopic (exact) mass is 350 g/mol. The van der Waals surface area contributed by atoms with Crippen LogP contribution in [0.15, 0.2) is 12.1 Å². The van der Waals surface area contributed by atoms with E-state index in [1.165, 1.54) is 12.1 Å². The van der Waals surface area contributed by atoms with E-state index in [-0.39, 0.29) is 16.7 Å². The Labute approximate surface area is 129 Å². The van der Waals surface area contributed by atoms with Gasteiger partial charge in [-0.05, 0) is 18.6 Å². The van der Waals surface area contributed by atoms with Crippen molar-refractivity contribution >= 4 is 34.8 Å². The molecule has 0 radical (unpaired) electrons. The van der Waals surface area contributed by atoms with E-state index in [9.17, 15) is 13.2 Å². The highest BCUT2D eigenvalue weighted by Gasteiger charge is 2.28. The maximum absolute atomic E-state index is 12.0. The molecule has 0 spiro atoms. The molecule has 114 valence electrons. The summed E-state index contributed by atoms with van der Waals surface area (Å²) in [5, 5.41) is -0.292. The van der Waals surface area contributed by atoms with Crippen LogP contribution in [-0.4, -0.2) is 26.0 Å². The van der Waals surface area contributed by atoms with Crippen LogP contribution in [-0.2, 0) is 4.74 Å². The van der Waals surface area contributed by atoms with E-state index in [0.29, 0.717) is 17.9 Å². The average molecular weight is 352 g/mol. The minimum Gasteiger partial charge on any atom is -0.492 e. The summed E-state index contributed by atoms with van der Waals surface area (Å²) in [4.78, 5) is 0. The Morgan fingerprint density at radius 3 is 2.40 bits per heavy atom. The first kappa shape index (κ1) is 17.7. The number of alkyl halides is 4. The van der Waals surface area contributed by atoms with Crippen LogP contribution in [0.4, 0.5) is 13.2 Å². The van der Waals surface area contributed by atoms with Crippen LogP contribution >= 0.6 is 34.8 Å². The highest BCUT2D eigenvalue weighted by molar-refractivity contribution is 6.35. The van der Waals surface area contributed by atoms with Crippen molar-refractivity contribution in [2.45, 2.75) is 18.5 Å². The summed E-state index contributed by atoms with van der Waals surface area (Å²) < 4.78 is 45.6. The summed E-state index contributed by atoms with van der Waals surface area (Å²) in [5.41, 5.74) is 0.393. The lowest BCUT2D eigenvalue weighted by atomic mass is 10.1. The minimum absolute atomic E-state index is 0.258. The average Bonchev–Trinajstić information content (AvgIpc) is 2.32. The summed E-state index contributed by atoms with van der Waals surface area (Å²) in [6, 6.07) is 2.94. The number of hydrogen-bond donors (Lipinski definition) is 0. The maximum atomic E-state index is 12.0. The van der Waals surface area contributed by atoms with Gasteiger partial charge in [-0.15, -0.1) is 11.6 Å². The maximum Gasteiger partial charge on any atom is 0.411 e. The third kappa shape index (κ3) is 5.56. The van der Waals surface area contributed by atoms with Crippen molar-refractivity contribution in [1.29, 1.82) is 0 Å². The van der Waals surface area contributed by atoms with Crippen molar-refractivity contribution in [3.8, 4) is 5.75 Å². The summed E-state index contributed by atoms with van der Waals surface area (Å²) in [6.07, 6.45) is -4.39. The molecular formula is C12H12Cl3F3O2. The van der Waals surface area contributed by atoms with Crippen molar-refractivity contribution in [3.05, 3.63) is 27.7 Å². The molecule has 0 bridgehead atoms. The van der Waals surface area contributed by atoms with E-state index in [4.69, 9.17) is 39.5 Å². The molecule has 2 nitrogen and oxygen atoms in total. The van der Waals surface area contributed by atoms with E-state index in [2.05, 4.69) is 4.74 Å². The van der Waals surface area contributed by atoms with E-state index in [1.54, 1.807) is 6.92 Å². The molecule has 0 saturated carbocycles. The molecule has 0 saturated heterocycles. The van der Waals surface area contributed by atoms with E-state index >= 15 is 0 Å². The van der Waals surface area contributed by atoms with Gasteiger partial charge in [-0.1, -0.05) is 23.2 Å². The number of rotatable bonds is 6. The van der Waals surface area contributed by atoms with Crippen molar-refractivity contribution in [2.75, 3.05) is 19.8 Å². The van der Waals surface area contributed by atoms with Gasteiger partial charge < -0.3 is 9.47 Å². The van der Waals surface area contributed by atoms with Gasteiger partial charge in [0.1, 0.15) is 12.4 Å². The Morgan fingerprint density at radius 2 is 1.85 bits per heavy atom. The quantitative estimate of drug-likeness (QED) is 0.652. The number of halogens is 6. The summed E-state index contributed by atoms with van der Waals surface area (Å²) in [6.45, 7) is 0.506. The van der Waals surface area contributed by atoms with Gasteiger partial charge in [0.05, 0.1) is 23.6 Å². The van der Waals surface area contributed by atoms with E-state index < -0.39 is 18.2 Å². The number of benzene rings is 1. The second kappa shape index (κ2) is 7.59. The van der Waals surface area contributed by atoms with Crippen molar-refractivity contribution in [2.24, 2.45) is 0 Å². The highest BCUT2D eigenvalue weighted by Crippen LogP contribution is 2.36. The van der Waals surface area contributed by atoms with Crippen LogP contribution in [0.25, 0.3) is 0 Å². The fourth-order valence-electron chi connectivity index (χ4n) is 1.42. The Morgan fingerprint density at radius 1 is 1.20 bits per heavy atom. The molecule has 0 aromatic heterocycles. The van der Waals surface area contributed by atoms with Gasteiger partial charge in [-0.2, -0.15) is 13.2 Å². The summed E-state index contributed by atoms with van der Waals surface area (Å²) in [7, 11) is 0. The molecule has 0 N–H and O–H groups in total. The standard InChI is InChI=1S/C12H12Cl3F3O2/c1-2-20-11-4-8(13)7(3-9(11)14)10(15)5-19-6-12(16,17)18/h3-4,10H,2,5-6H2,1H3. The van der Waals surface area contributed by atoms with Gasteiger partial charge in [0.25, 0.3) is 0 Å². The molecule has 0 heterocycles. The fourth-order valence-corrected chi connectivity index (χ4v) is 2.26. The lowest BCUT2D eigenvalue weighted by Gasteiger charge is -2.15. The Kier molecular flexibility index (Phi) is 6.72. The van der Waals surface area contributed by atoms with Gasteiger partial charge in [-0.25, -0.2) is 0 Å². The SMILES string of the molecule is CCOc1cc(Cl)c(C(Cl)COCC(F)(F)F)cc1Cl. The highest BCUT2D eigenvalue weighted by atomic mass is 35.5. The molecule has 1 aromatic rings. The number of hydrogen-bond acceptors (Lipinski definition) is 2. The molecule has 0 aliphatic rings. The summed E-state index contributed by atoms with van der Waals surface area (Å²) >= 11 is 17.9. The molecule has 0 fully saturated rings. The zero-order valence-corrected chi connectivity index (χ0v) is 12.7. The molecule has 1 unspecified atom stereocenters. The zero-order chi connectivity index (χ0) is 15.3. The lowest BCUT2D eigenvalue weighted by Crippen LogP contribution is -2.18. The van der Waals surface area contributed by atoms with Crippen LogP contribution in [0.5, 0.6) is 5.75 Å². The zero-order valence-electron chi connectivity index (χ0n) is 10.4. The Bertz CT molecular complexity index is 452. The van der Waals surface area contributed by atoms with Gasteiger partial charge in [0.15, 0.2) is 0 Å². The Hall–Kier alpha value is -0.360. The van der Waals surface area contributed by atoms with Crippen LogP contribution in [0.1, 0.15) is 17.9 Å². The molecule has 8 heteroatoms. The molecular weight excluding hydrogens is 339 g/mol. The topological polar surface area (TPSA) is 18.5 Å². The van der Waals surface area contributed by atoms with Gasteiger partial charge >= 0.3 is 6.18 Å². The second-order valence-corrected chi connectivity index (χ2v) is 5.18. The second-order valence-electron chi connectivity index (χ2n) is 3.83. The molecule has 0 aliphatic carbocycles. The lowest BCUT2D eigenvalue weighted by molar-refractivity contribution is -0.173. The molecule has 0 aliphatic heterocycles. The van der Waals surface area contributed by atoms with Crippen molar-refractivity contribution in [3.63, 3.8) is 0 Å². The third-order valence-corrected chi connectivity index (χ3v) is 3.20. The van der Waals surface area contributed by atoms with Crippen LogP contribution in [0.2, 0.25) is 10.0 Å². The van der Waals surface area contributed by atoms with Crippen LogP contribution < -0.4 is 4.74 Å². The van der Waals surface area contributed by atoms with Crippen molar-refractivity contribution in [1.82, 2.24) is 0 Å². The van der Waals surface area contributed by atoms with Crippen LogP contribution in [0, 0.1) is 0 Å². The molecule has 1 rings (SSSR count). The van der Waals surface area contributed by atoms with Crippen molar-refractivity contribution < 1.29 is 22.6 Å². The van der Waals surface area contributed by atoms with Crippen LogP contribution in [0.3, 0.4) is 0 Å². The van der Waals surface area contributed by atoms with Gasteiger partial charge in [0.2, 0.25) is 0 Å². The first-order valence-corrected chi connectivity index (χ1v) is 6.84. The smallest absolute Gasteiger partial charge is 0.411 e. The Balaban J connectivity index is 2.73. The van der Waals surface area contributed by atoms with Gasteiger partial charge in [-0.3, -0.25) is 0 Å². The molecule has 0 amide bonds. The minimum atomic E-state index is -4.39. The normalized spacial score (nSPS) is 13.3. The molecule has 1 atom stereocenters. The first-order valence-electron chi connectivity index (χ1n) is 5.65.